The van der Waals surface area contributed by atoms with Gasteiger partial charge in [0.25, 0.3) is 0 Å². The van der Waals surface area contributed by atoms with E-state index < -0.39 is 25.1 Å². The highest BCUT2D eigenvalue weighted by Crippen LogP contribution is 2.27. The van der Waals surface area contributed by atoms with Gasteiger partial charge in [-0.15, -0.1) is 10.2 Å². The molecule has 1 aromatic carbocycles. The Labute approximate surface area is 151 Å². The normalized spacial score (nSPS) is 17.1. The molecule has 11 heteroatoms. The zero-order valence-corrected chi connectivity index (χ0v) is 15.6. The largest absolute Gasteiger partial charge is 0.308 e. The predicted octanol–water partition coefficient (Wildman–Crippen LogP) is 0.314. The zero-order valence-electron chi connectivity index (χ0n) is 14.0. The van der Waals surface area contributed by atoms with Crippen molar-refractivity contribution in [2.24, 2.45) is 7.05 Å². The van der Waals surface area contributed by atoms with E-state index in [1.54, 1.807) is 19.2 Å². The number of sulfone groups is 1. The minimum Gasteiger partial charge on any atom is -0.308 e. The van der Waals surface area contributed by atoms with Crippen molar-refractivity contribution in [2.45, 2.75) is 28.1 Å². The fourth-order valence-corrected chi connectivity index (χ4v) is 6.34. The number of sulfonamides is 1. The Morgan fingerprint density at radius 1 is 1.15 bits per heavy atom. The third kappa shape index (κ3) is 3.11. The third-order valence-electron chi connectivity index (χ3n) is 4.39. The number of rotatable bonds is 4. The smallest absolute Gasteiger partial charge is 0.249 e. The van der Waals surface area contributed by atoms with Crippen LogP contribution < -0.4 is 0 Å². The molecule has 1 aliphatic rings. The number of hydrogen-bond donors (Lipinski definition) is 0. The first-order chi connectivity index (χ1) is 12.3. The molecule has 9 nitrogen and oxygen atoms in total. The lowest BCUT2D eigenvalue weighted by Crippen LogP contribution is -2.43. The summed E-state index contributed by atoms with van der Waals surface area (Å²) < 4.78 is 53.5. The van der Waals surface area contributed by atoms with Gasteiger partial charge in [0, 0.05) is 20.1 Å². The van der Waals surface area contributed by atoms with Gasteiger partial charge in [0.2, 0.25) is 25.0 Å². The van der Waals surface area contributed by atoms with Gasteiger partial charge in [0.1, 0.15) is 12.4 Å². The molecular weight excluding hydrogens is 378 g/mol. The Hall–Kier alpha value is -2.29. The molecule has 1 aliphatic heterocycles. The average Bonchev–Trinajstić information content (AvgIpc) is 3.08. The number of piperidine rings is 1. The van der Waals surface area contributed by atoms with Gasteiger partial charge in [0.05, 0.1) is 15.7 Å². The molecule has 1 aromatic heterocycles. The number of aryl methyl sites for hydroxylation is 1. The second-order valence-electron chi connectivity index (χ2n) is 5.98. The molecule has 0 atom stereocenters. The summed E-state index contributed by atoms with van der Waals surface area (Å²) in [5.41, 5.74) is 0.0707. The predicted molar refractivity (Wildman–Crippen MR) is 91.1 cm³/mol. The number of aromatic nitrogens is 3. The van der Waals surface area contributed by atoms with Crippen molar-refractivity contribution in [3.05, 3.63) is 36.2 Å². The first-order valence-corrected chi connectivity index (χ1v) is 10.8. The molecule has 1 fully saturated rings. The summed E-state index contributed by atoms with van der Waals surface area (Å²) >= 11 is 0. The molecule has 0 unspecified atom stereocenters. The summed E-state index contributed by atoms with van der Waals surface area (Å²) in [5, 5.41) is 15.5. The number of nitrogens with zero attached hydrogens (tertiary/aromatic N) is 5. The van der Waals surface area contributed by atoms with Gasteiger partial charge in [-0.25, -0.2) is 16.8 Å². The van der Waals surface area contributed by atoms with Crippen LogP contribution >= 0.6 is 0 Å². The van der Waals surface area contributed by atoms with E-state index >= 15 is 0 Å². The topological polar surface area (TPSA) is 126 Å². The molecule has 2 heterocycles. The quantitative estimate of drug-likeness (QED) is 0.729. The third-order valence-corrected chi connectivity index (χ3v) is 8.57. The van der Waals surface area contributed by atoms with Gasteiger partial charge in [-0.3, -0.25) is 0 Å². The van der Waals surface area contributed by atoms with Gasteiger partial charge in [-0.05, 0) is 25.0 Å². The maximum absolute atomic E-state index is 12.8. The van der Waals surface area contributed by atoms with Crippen LogP contribution in [0.15, 0.2) is 40.6 Å². The highest BCUT2D eigenvalue weighted by Gasteiger charge is 2.38. The molecule has 1 saturated heterocycles. The van der Waals surface area contributed by atoms with E-state index in [9.17, 15) is 16.8 Å². The Kier molecular flexibility index (Phi) is 4.83. The van der Waals surface area contributed by atoms with Crippen LogP contribution in [-0.2, 0) is 26.9 Å². The van der Waals surface area contributed by atoms with Crippen LogP contribution in [0.1, 0.15) is 18.4 Å². The molecule has 0 N–H and O–H groups in total. The Morgan fingerprint density at radius 3 is 2.38 bits per heavy atom. The number of hydrogen-bond acceptors (Lipinski definition) is 7. The van der Waals surface area contributed by atoms with Crippen molar-refractivity contribution in [3.63, 3.8) is 0 Å². The second kappa shape index (κ2) is 6.79. The van der Waals surface area contributed by atoms with E-state index in [2.05, 4.69) is 10.2 Å². The zero-order chi connectivity index (χ0) is 18.9. The van der Waals surface area contributed by atoms with Gasteiger partial charge in [-0.1, -0.05) is 12.1 Å². The highest BCUT2D eigenvalue weighted by atomic mass is 32.2. The van der Waals surface area contributed by atoms with Gasteiger partial charge in [-0.2, -0.15) is 9.57 Å². The van der Waals surface area contributed by atoms with E-state index in [4.69, 9.17) is 5.26 Å². The summed E-state index contributed by atoms with van der Waals surface area (Å²) in [6.07, 6.45) is 1.62. The average molecular weight is 395 g/mol. The molecule has 0 aliphatic carbocycles. The van der Waals surface area contributed by atoms with E-state index in [-0.39, 0.29) is 41.5 Å². The summed E-state index contributed by atoms with van der Waals surface area (Å²) in [6, 6.07) is 7.86. The molecule has 0 spiro atoms. The lowest BCUT2D eigenvalue weighted by atomic mass is 10.2. The van der Waals surface area contributed by atoms with Crippen LogP contribution in [0, 0.1) is 11.3 Å². The molecule has 2 aromatic rings. The SMILES string of the molecule is Cn1cnnc1S(=O)(=O)C1CCN(S(=O)(=O)c2ccccc2C#N)CC1. The highest BCUT2D eigenvalue weighted by molar-refractivity contribution is 7.92. The van der Waals surface area contributed by atoms with Crippen LogP contribution in [-0.4, -0.2) is 54.2 Å². The van der Waals surface area contributed by atoms with Crippen LogP contribution in [0.25, 0.3) is 0 Å². The van der Waals surface area contributed by atoms with Crippen LogP contribution in [0.2, 0.25) is 0 Å². The van der Waals surface area contributed by atoms with Crippen molar-refractivity contribution in [1.29, 1.82) is 5.26 Å². The van der Waals surface area contributed by atoms with Gasteiger partial charge >= 0.3 is 0 Å². The Morgan fingerprint density at radius 2 is 1.81 bits per heavy atom. The van der Waals surface area contributed by atoms with Crippen LogP contribution in [0.5, 0.6) is 0 Å². The van der Waals surface area contributed by atoms with E-state index in [1.165, 1.54) is 27.3 Å². The lowest BCUT2D eigenvalue weighted by molar-refractivity contribution is 0.344. The fourth-order valence-electron chi connectivity index (χ4n) is 2.99. The maximum atomic E-state index is 12.8. The van der Waals surface area contributed by atoms with Crippen LogP contribution in [0.4, 0.5) is 0 Å². The molecule has 0 amide bonds. The minimum absolute atomic E-state index is 0.0582. The minimum atomic E-state index is -3.85. The summed E-state index contributed by atoms with van der Waals surface area (Å²) in [7, 11) is -5.99. The van der Waals surface area contributed by atoms with Crippen molar-refractivity contribution >= 4 is 19.9 Å². The first-order valence-electron chi connectivity index (χ1n) is 7.85. The van der Waals surface area contributed by atoms with Gasteiger partial charge < -0.3 is 4.57 Å². The number of benzene rings is 1. The van der Waals surface area contributed by atoms with E-state index in [0.717, 1.165) is 0 Å². The molecule has 3 rings (SSSR count). The van der Waals surface area contributed by atoms with Crippen molar-refractivity contribution in [3.8, 4) is 6.07 Å². The van der Waals surface area contributed by atoms with Crippen molar-refractivity contribution in [2.75, 3.05) is 13.1 Å². The monoisotopic (exact) mass is 395 g/mol. The first kappa shape index (κ1) is 18.5. The summed E-state index contributed by atoms with van der Waals surface area (Å²) in [5.74, 6) is 0. The molecule has 138 valence electrons. The molecule has 0 radical (unpaired) electrons. The Bertz CT molecular complexity index is 1060. The standard InChI is InChI=1S/C15H17N5O4S2/c1-19-11-17-18-15(19)25(21,22)13-6-8-20(9-7-13)26(23,24)14-5-3-2-4-12(14)10-16/h2-5,11,13H,6-9H2,1H3. The maximum Gasteiger partial charge on any atom is 0.249 e. The molecule has 0 bridgehead atoms. The second-order valence-corrected chi connectivity index (χ2v) is 10.0. The van der Waals surface area contributed by atoms with Crippen LogP contribution in [0.3, 0.4) is 0 Å². The fraction of sp³-hybridized carbons (Fsp3) is 0.400. The van der Waals surface area contributed by atoms with E-state index in [0.29, 0.717) is 0 Å². The van der Waals surface area contributed by atoms with E-state index in [1.807, 2.05) is 6.07 Å². The summed E-state index contributed by atoms with van der Waals surface area (Å²) in [6.45, 7) is 0.119. The molecular formula is C15H17N5O4S2. The van der Waals surface area contributed by atoms with Crippen molar-refractivity contribution in [1.82, 2.24) is 19.1 Å². The summed E-state index contributed by atoms with van der Waals surface area (Å²) in [4.78, 5) is -0.0582. The number of nitriles is 1. The van der Waals surface area contributed by atoms with Crippen molar-refractivity contribution < 1.29 is 16.8 Å². The Balaban J connectivity index is 1.81. The molecule has 0 saturated carbocycles. The molecule has 26 heavy (non-hydrogen) atoms. The van der Waals surface area contributed by atoms with Gasteiger partial charge in [0.15, 0.2) is 0 Å². The lowest BCUT2D eigenvalue weighted by Gasteiger charge is -2.30.